The molecule has 0 aromatic heterocycles. The Kier molecular flexibility index (Phi) is 7.84. The lowest BCUT2D eigenvalue weighted by Crippen LogP contribution is -2.54. The second-order valence-corrected chi connectivity index (χ2v) is 9.39. The summed E-state index contributed by atoms with van der Waals surface area (Å²) in [4.78, 5) is 27.8. The van der Waals surface area contributed by atoms with Crippen LogP contribution in [0.1, 0.15) is 24.0 Å². The molecule has 0 aliphatic carbocycles. The number of rotatable bonds is 9. The summed E-state index contributed by atoms with van der Waals surface area (Å²) in [6.45, 7) is 0.806. The maximum absolute atomic E-state index is 13.4. The third kappa shape index (κ3) is 5.71. The monoisotopic (exact) mass is 454 g/mol. The van der Waals surface area contributed by atoms with Crippen molar-refractivity contribution in [3.63, 3.8) is 0 Å². The Morgan fingerprint density at radius 1 is 1.09 bits per heavy atom. The number of aliphatic hydroxyl groups is 1. The van der Waals surface area contributed by atoms with Crippen LogP contribution in [0.25, 0.3) is 0 Å². The molecule has 32 heavy (non-hydrogen) atoms. The van der Waals surface area contributed by atoms with Crippen LogP contribution in [-0.2, 0) is 26.5 Å². The van der Waals surface area contributed by atoms with Crippen LogP contribution in [0.15, 0.2) is 60.7 Å². The minimum absolute atomic E-state index is 0.111. The molecule has 0 saturated carbocycles. The maximum atomic E-state index is 13.4. The van der Waals surface area contributed by atoms with Gasteiger partial charge in [-0.25, -0.2) is 0 Å². The van der Waals surface area contributed by atoms with Crippen molar-refractivity contribution in [1.82, 2.24) is 10.2 Å². The molecule has 2 aromatic carbocycles. The van der Waals surface area contributed by atoms with Crippen LogP contribution >= 0.6 is 11.8 Å². The lowest BCUT2D eigenvalue weighted by Gasteiger charge is -2.29. The van der Waals surface area contributed by atoms with Crippen molar-refractivity contribution < 1.29 is 19.4 Å². The summed E-state index contributed by atoms with van der Waals surface area (Å²) >= 11 is 1.63. The number of hydrogen-bond acceptors (Lipinski definition) is 5. The van der Waals surface area contributed by atoms with Crippen LogP contribution < -0.4 is 5.32 Å². The Hall–Kier alpha value is -2.35. The highest BCUT2D eigenvalue weighted by Crippen LogP contribution is 2.30. The zero-order chi connectivity index (χ0) is 22.3. The van der Waals surface area contributed by atoms with Gasteiger partial charge in [-0.2, -0.15) is 11.8 Å². The molecule has 170 valence electrons. The molecular weight excluding hydrogens is 424 g/mol. The van der Waals surface area contributed by atoms with E-state index in [1.54, 1.807) is 16.7 Å². The van der Waals surface area contributed by atoms with E-state index in [1.807, 2.05) is 48.5 Å². The Balaban J connectivity index is 1.38. The molecule has 6 nitrogen and oxygen atoms in total. The number of hydrogen-bond donors (Lipinski definition) is 2. The number of likely N-dealkylation sites (tertiary alicyclic amines) is 1. The minimum atomic E-state index is -0.669. The zero-order valence-electron chi connectivity index (χ0n) is 18.1. The van der Waals surface area contributed by atoms with Crippen molar-refractivity contribution in [2.24, 2.45) is 0 Å². The van der Waals surface area contributed by atoms with Crippen LogP contribution in [0.2, 0.25) is 0 Å². The first-order valence-electron chi connectivity index (χ1n) is 11.2. The minimum Gasteiger partial charge on any atom is -0.388 e. The van der Waals surface area contributed by atoms with E-state index in [-0.39, 0.29) is 30.6 Å². The van der Waals surface area contributed by atoms with Gasteiger partial charge in [-0.3, -0.25) is 9.59 Å². The molecule has 2 amide bonds. The first kappa shape index (κ1) is 22.8. The van der Waals surface area contributed by atoms with Gasteiger partial charge in [-0.15, -0.1) is 0 Å². The number of aliphatic hydroxyl groups excluding tert-OH is 1. The van der Waals surface area contributed by atoms with Gasteiger partial charge in [0.15, 0.2) is 0 Å². The van der Waals surface area contributed by atoms with Gasteiger partial charge in [0.05, 0.1) is 18.8 Å². The van der Waals surface area contributed by atoms with Gasteiger partial charge in [0.2, 0.25) is 11.8 Å². The van der Waals surface area contributed by atoms with Crippen molar-refractivity contribution in [3.8, 4) is 0 Å². The normalized spacial score (nSPS) is 23.0. The van der Waals surface area contributed by atoms with E-state index in [0.29, 0.717) is 25.1 Å². The van der Waals surface area contributed by atoms with E-state index in [2.05, 4.69) is 17.4 Å². The number of amides is 2. The highest BCUT2D eigenvalue weighted by atomic mass is 32.2. The van der Waals surface area contributed by atoms with Crippen LogP contribution in [0, 0.1) is 0 Å². The summed E-state index contributed by atoms with van der Waals surface area (Å²) in [7, 11) is 0. The Morgan fingerprint density at radius 2 is 1.78 bits per heavy atom. The Bertz CT molecular complexity index is 895. The molecule has 4 rings (SSSR count). The second-order valence-electron chi connectivity index (χ2n) is 8.36. The smallest absolute Gasteiger partial charge is 0.246 e. The van der Waals surface area contributed by atoms with E-state index in [4.69, 9.17) is 4.74 Å². The number of nitrogens with one attached hydrogen (secondary N) is 1. The average molecular weight is 455 g/mol. The van der Waals surface area contributed by atoms with E-state index >= 15 is 0 Å². The van der Waals surface area contributed by atoms with Crippen molar-refractivity contribution in [2.75, 3.05) is 18.9 Å². The summed E-state index contributed by atoms with van der Waals surface area (Å²) in [6.07, 6.45) is 0.901. The average Bonchev–Trinajstić information content (AvgIpc) is 3.41. The predicted octanol–water partition coefficient (Wildman–Crippen LogP) is 2.40. The van der Waals surface area contributed by atoms with E-state index < -0.39 is 12.1 Å². The first-order chi connectivity index (χ1) is 15.6. The fourth-order valence-electron chi connectivity index (χ4n) is 4.41. The molecule has 4 atom stereocenters. The fourth-order valence-corrected chi connectivity index (χ4v) is 5.42. The molecule has 2 heterocycles. The molecular formula is C25H30N2O4S. The highest BCUT2D eigenvalue weighted by molar-refractivity contribution is 7.98. The molecule has 0 spiro atoms. The first-order valence-corrected chi connectivity index (χ1v) is 12.3. The molecule has 2 fully saturated rings. The Morgan fingerprint density at radius 3 is 2.50 bits per heavy atom. The summed E-state index contributed by atoms with van der Waals surface area (Å²) in [5, 5.41) is 13.3. The molecule has 2 N–H and O–H groups in total. The van der Waals surface area contributed by atoms with Gasteiger partial charge in [0.25, 0.3) is 0 Å². The summed E-state index contributed by atoms with van der Waals surface area (Å²) in [5.41, 5.74) is 2.28. The predicted molar refractivity (Wildman–Crippen MR) is 125 cm³/mol. The number of aryl methyl sites for hydroxylation is 1. The third-order valence-electron chi connectivity index (χ3n) is 6.07. The number of benzene rings is 2. The standard InChI is InChI=1S/C25H30N2O4S/c28-21-15-31-22-13-14-27(24(21)22)25(30)20(17-32-16-19-9-5-2-6-10-19)26-23(29)12-11-18-7-3-1-4-8-18/h1-10,20-22,24,28H,11-17H2,(H,26,29)/t20?,21?,22-,24-/m1/s1. The number of thioether (sulfide) groups is 1. The van der Waals surface area contributed by atoms with Crippen LogP contribution in [0.4, 0.5) is 0 Å². The van der Waals surface area contributed by atoms with Crippen LogP contribution in [0.5, 0.6) is 0 Å². The lowest BCUT2D eigenvalue weighted by molar-refractivity contribution is -0.137. The molecule has 2 aromatic rings. The van der Waals surface area contributed by atoms with E-state index in [1.165, 1.54) is 5.56 Å². The number of fused-ring (bicyclic) bond motifs is 1. The van der Waals surface area contributed by atoms with Crippen molar-refractivity contribution >= 4 is 23.6 Å². The number of carbonyl (C=O) groups excluding carboxylic acids is 2. The molecule has 7 heteroatoms. The van der Waals surface area contributed by atoms with Crippen molar-refractivity contribution in [2.45, 2.75) is 49.3 Å². The van der Waals surface area contributed by atoms with Gasteiger partial charge in [0, 0.05) is 24.5 Å². The zero-order valence-corrected chi connectivity index (χ0v) is 18.9. The molecule has 2 unspecified atom stereocenters. The maximum Gasteiger partial charge on any atom is 0.246 e. The summed E-state index contributed by atoms with van der Waals surface area (Å²) < 4.78 is 5.62. The molecule has 0 bridgehead atoms. The molecule has 2 saturated heterocycles. The number of nitrogens with zero attached hydrogens (tertiary/aromatic N) is 1. The molecule has 2 aliphatic heterocycles. The van der Waals surface area contributed by atoms with Gasteiger partial charge >= 0.3 is 0 Å². The number of carbonyl (C=O) groups is 2. The van der Waals surface area contributed by atoms with Crippen LogP contribution in [0.3, 0.4) is 0 Å². The fraction of sp³-hybridized carbons (Fsp3) is 0.440. The second kappa shape index (κ2) is 11.0. The van der Waals surface area contributed by atoms with Crippen molar-refractivity contribution in [1.29, 1.82) is 0 Å². The van der Waals surface area contributed by atoms with Crippen LogP contribution in [-0.4, -0.2) is 65.0 Å². The van der Waals surface area contributed by atoms with Gasteiger partial charge in [-0.05, 0) is 24.0 Å². The SMILES string of the molecule is O=C(CCc1ccccc1)NC(CSCc1ccccc1)C(=O)N1CC[C@H]2OCC(O)[C@H]21. The van der Waals surface area contributed by atoms with Crippen molar-refractivity contribution in [3.05, 3.63) is 71.8 Å². The lowest BCUT2D eigenvalue weighted by atomic mass is 10.1. The summed E-state index contributed by atoms with van der Waals surface area (Å²) in [6, 6.07) is 19.0. The van der Waals surface area contributed by atoms with Gasteiger partial charge in [0.1, 0.15) is 12.1 Å². The quantitative estimate of drug-likeness (QED) is 0.608. The topological polar surface area (TPSA) is 78.9 Å². The molecule has 2 aliphatic rings. The Labute approximate surface area is 193 Å². The van der Waals surface area contributed by atoms with E-state index in [0.717, 1.165) is 17.7 Å². The van der Waals surface area contributed by atoms with E-state index in [9.17, 15) is 14.7 Å². The highest BCUT2D eigenvalue weighted by Gasteiger charge is 2.47. The molecule has 0 radical (unpaired) electrons. The van der Waals surface area contributed by atoms with Gasteiger partial charge < -0.3 is 20.1 Å². The third-order valence-corrected chi connectivity index (χ3v) is 7.17. The largest absolute Gasteiger partial charge is 0.388 e. The number of ether oxygens (including phenoxy) is 1. The summed E-state index contributed by atoms with van der Waals surface area (Å²) in [5.74, 6) is 0.986. The van der Waals surface area contributed by atoms with Gasteiger partial charge in [-0.1, -0.05) is 60.7 Å².